The maximum Gasteiger partial charge on any atom is 0.337 e. The topological polar surface area (TPSA) is 44.1 Å². The van der Waals surface area contributed by atoms with E-state index in [9.17, 15) is 9.18 Å². The standard InChI is InChI=1S/C16H13FN2O2/c1-21-16(20)12-5-6-13-10-19(18-15(13)8-12)9-11-3-2-4-14(17)7-11/h2-8,10H,9H2,1H3. The zero-order valence-electron chi connectivity index (χ0n) is 11.4. The van der Waals surface area contributed by atoms with Gasteiger partial charge in [-0.2, -0.15) is 5.10 Å². The Morgan fingerprint density at radius 2 is 2.14 bits per heavy atom. The van der Waals surface area contributed by atoms with Crippen LogP contribution in [0, 0.1) is 5.82 Å². The van der Waals surface area contributed by atoms with Gasteiger partial charge in [0.2, 0.25) is 0 Å². The van der Waals surface area contributed by atoms with Crippen LogP contribution < -0.4 is 0 Å². The van der Waals surface area contributed by atoms with Gasteiger partial charge in [-0.05, 0) is 29.8 Å². The van der Waals surface area contributed by atoms with Gasteiger partial charge in [0.25, 0.3) is 0 Å². The van der Waals surface area contributed by atoms with E-state index in [1.165, 1.54) is 19.2 Å². The second kappa shape index (κ2) is 5.36. The first-order valence-electron chi connectivity index (χ1n) is 6.46. The lowest BCUT2D eigenvalue weighted by atomic mass is 10.2. The number of carbonyl (C=O) groups is 1. The van der Waals surface area contributed by atoms with Crippen molar-refractivity contribution in [3.05, 3.63) is 65.6 Å². The fourth-order valence-corrected chi connectivity index (χ4v) is 2.22. The Morgan fingerprint density at radius 3 is 2.90 bits per heavy atom. The van der Waals surface area contributed by atoms with Crippen LogP contribution in [0.25, 0.3) is 10.9 Å². The largest absolute Gasteiger partial charge is 0.465 e. The van der Waals surface area contributed by atoms with E-state index in [1.54, 1.807) is 22.9 Å². The minimum absolute atomic E-state index is 0.266. The number of rotatable bonds is 3. The van der Waals surface area contributed by atoms with Gasteiger partial charge in [0.05, 0.1) is 24.7 Å². The molecule has 0 atom stereocenters. The molecule has 0 aliphatic carbocycles. The molecular weight excluding hydrogens is 271 g/mol. The quantitative estimate of drug-likeness (QED) is 0.694. The zero-order chi connectivity index (χ0) is 14.8. The molecule has 3 aromatic rings. The van der Waals surface area contributed by atoms with Gasteiger partial charge in [0.1, 0.15) is 5.82 Å². The fraction of sp³-hybridized carbons (Fsp3) is 0.125. The molecule has 2 aromatic carbocycles. The van der Waals surface area contributed by atoms with E-state index in [1.807, 2.05) is 18.3 Å². The second-order valence-corrected chi connectivity index (χ2v) is 4.72. The molecule has 3 rings (SSSR count). The molecule has 5 heteroatoms. The number of benzene rings is 2. The first-order chi connectivity index (χ1) is 10.2. The minimum Gasteiger partial charge on any atom is -0.465 e. The molecule has 1 aromatic heterocycles. The molecule has 0 bridgehead atoms. The highest BCUT2D eigenvalue weighted by atomic mass is 19.1. The Hall–Kier alpha value is -2.69. The molecule has 0 unspecified atom stereocenters. The van der Waals surface area contributed by atoms with Crippen LogP contribution >= 0.6 is 0 Å². The van der Waals surface area contributed by atoms with Crippen molar-refractivity contribution in [2.45, 2.75) is 6.54 Å². The summed E-state index contributed by atoms with van der Waals surface area (Å²) in [5.41, 5.74) is 1.99. The molecule has 0 aliphatic rings. The van der Waals surface area contributed by atoms with Gasteiger partial charge in [-0.15, -0.1) is 0 Å². The maximum absolute atomic E-state index is 13.2. The van der Waals surface area contributed by atoms with E-state index in [2.05, 4.69) is 9.84 Å². The number of methoxy groups -OCH3 is 1. The predicted molar refractivity (Wildman–Crippen MR) is 76.6 cm³/mol. The number of halogens is 1. The number of nitrogens with zero attached hydrogens (tertiary/aromatic N) is 2. The van der Waals surface area contributed by atoms with Gasteiger partial charge >= 0.3 is 5.97 Å². The molecule has 0 saturated carbocycles. The highest BCUT2D eigenvalue weighted by Gasteiger charge is 2.08. The normalized spacial score (nSPS) is 10.8. The van der Waals surface area contributed by atoms with Crippen molar-refractivity contribution in [3.8, 4) is 0 Å². The lowest BCUT2D eigenvalue weighted by Crippen LogP contribution is -2.01. The van der Waals surface area contributed by atoms with Gasteiger partial charge in [0, 0.05) is 11.6 Å². The lowest BCUT2D eigenvalue weighted by Gasteiger charge is -2.01. The third-order valence-corrected chi connectivity index (χ3v) is 3.21. The third kappa shape index (κ3) is 2.76. The fourth-order valence-electron chi connectivity index (χ4n) is 2.22. The number of carbonyl (C=O) groups excluding carboxylic acids is 1. The van der Waals surface area contributed by atoms with E-state index >= 15 is 0 Å². The van der Waals surface area contributed by atoms with E-state index in [-0.39, 0.29) is 5.82 Å². The molecule has 0 saturated heterocycles. The summed E-state index contributed by atoms with van der Waals surface area (Å²) in [7, 11) is 1.34. The van der Waals surface area contributed by atoms with E-state index in [4.69, 9.17) is 0 Å². The average molecular weight is 284 g/mol. The maximum atomic E-state index is 13.2. The van der Waals surface area contributed by atoms with Crippen LogP contribution in [0.3, 0.4) is 0 Å². The van der Waals surface area contributed by atoms with Gasteiger partial charge in [-0.25, -0.2) is 9.18 Å². The van der Waals surface area contributed by atoms with Gasteiger partial charge < -0.3 is 4.74 Å². The first kappa shape index (κ1) is 13.3. The molecule has 0 aliphatic heterocycles. The molecule has 106 valence electrons. The highest BCUT2D eigenvalue weighted by molar-refractivity contribution is 5.94. The Morgan fingerprint density at radius 1 is 1.29 bits per heavy atom. The van der Waals surface area contributed by atoms with Crippen LogP contribution in [0.1, 0.15) is 15.9 Å². The van der Waals surface area contributed by atoms with Crippen molar-refractivity contribution in [2.24, 2.45) is 0 Å². The molecule has 21 heavy (non-hydrogen) atoms. The SMILES string of the molecule is COC(=O)c1ccc2cn(Cc3cccc(F)c3)nc2c1. The van der Waals surface area contributed by atoms with E-state index in [0.29, 0.717) is 17.6 Å². The van der Waals surface area contributed by atoms with Crippen molar-refractivity contribution >= 4 is 16.9 Å². The molecule has 0 radical (unpaired) electrons. The monoisotopic (exact) mass is 284 g/mol. The third-order valence-electron chi connectivity index (χ3n) is 3.21. The van der Waals surface area contributed by atoms with Crippen LogP contribution in [0.2, 0.25) is 0 Å². The Labute approximate surface area is 120 Å². The number of esters is 1. The zero-order valence-corrected chi connectivity index (χ0v) is 11.4. The summed E-state index contributed by atoms with van der Waals surface area (Å²) in [5, 5.41) is 5.32. The van der Waals surface area contributed by atoms with Crippen molar-refractivity contribution in [2.75, 3.05) is 7.11 Å². The summed E-state index contributed by atoms with van der Waals surface area (Å²) in [5.74, 6) is -0.659. The first-order valence-corrected chi connectivity index (χ1v) is 6.46. The number of ether oxygens (including phenoxy) is 1. The Bertz CT molecular complexity index is 811. The lowest BCUT2D eigenvalue weighted by molar-refractivity contribution is 0.0601. The molecule has 1 heterocycles. The molecule has 4 nitrogen and oxygen atoms in total. The van der Waals surface area contributed by atoms with Crippen molar-refractivity contribution in [1.29, 1.82) is 0 Å². The minimum atomic E-state index is -0.392. The summed E-state index contributed by atoms with van der Waals surface area (Å²) in [6.07, 6.45) is 1.86. The van der Waals surface area contributed by atoms with Crippen LogP contribution in [0.4, 0.5) is 4.39 Å². The summed E-state index contributed by atoms with van der Waals surface area (Å²) in [6, 6.07) is 11.6. The average Bonchev–Trinajstić information content (AvgIpc) is 2.87. The Kier molecular flexibility index (Phi) is 3.39. The summed E-state index contributed by atoms with van der Waals surface area (Å²) in [4.78, 5) is 11.5. The summed E-state index contributed by atoms with van der Waals surface area (Å²) in [6.45, 7) is 0.472. The molecule has 0 fully saturated rings. The molecule has 0 spiro atoms. The van der Waals surface area contributed by atoms with Gasteiger partial charge in [0.15, 0.2) is 0 Å². The van der Waals surface area contributed by atoms with Crippen LogP contribution in [0.15, 0.2) is 48.7 Å². The molecule has 0 amide bonds. The summed E-state index contributed by atoms with van der Waals surface area (Å²) < 4.78 is 19.6. The number of aromatic nitrogens is 2. The highest BCUT2D eigenvalue weighted by Crippen LogP contribution is 2.16. The van der Waals surface area contributed by atoms with Crippen LogP contribution in [-0.4, -0.2) is 22.9 Å². The smallest absolute Gasteiger partial charge is 0.337 e. The molecular formula is C16H13FN2O2. The van der Waals surface area contributed by atoms with Crippen LogP contribution in [-0.2, 0) is 11.3 Å². The van der Waals surface area contributed by atoms with E-state index < -0.39 is 5.97 Å². The summed E-state index contributed by atoms with van der Waals surface area (Å²) >= 11 is 0. The predicted octanol–water partition coefficient (Wildman–Crippen LogP) is 3.01. The molecule has 0 N–H and O–H groups in total. The second-order valence-electron chi connectivity index (χ2n) is 4.72. The van der Waals surface area contributed by atoms with Gasteiger partial charge in [-0.1, -0.05) is 18.2 Å². The number of hydrogen-bond acceptors (Lipinski definition) is 3. The number of fused-ring (bicyclic) bond motifs is 1. The Balaban J connectivity index is 1.92. The van der Waals surface area contributed by atoms with Crippen molar-refractivity contribution < 1.29 is 13.9 Å². The van der Waals surface area contributed by atoms with Crippen molar-refractivity contribution in [3.63, 3.8) is 0 Å². The van der Waals surface area contributed by atoms with Gasteiger partial charge in [-0.3, -0.25) is 4.68 Å². The van der Waals surface area contributed by atoms with E-state index in [0.717, 1.165) is 10.9 Å². The number of hydrogen-bond donors (Lipinski definition) is 0. The van der Waals surface area contributed by atoms with Crippen molar-refractivity contribution in [1.82, 2.24) is 9.78 Å². The van der Waals surface area contributed by atoms with Crippen LogP contribution in [0.5, 0.6) is 0 Å².